The van der Waals surface area contributed by atoms with Gasteiger partial charge in [-0.25, -0.2) is 0 Å². The van der Waals surface area contributed by atoms with Gasteiger partial charge in [-0.3, -0.25) is 4.79 Å². The van der Waals surface area contributed by atoms with E-state index in [1.54, 1.807) is 0 Å². The Morgan fingerprint density at radius 2 is 1.95 bits per heavy atom. The highest BCUT2D eigenvalue weighted by molar-refractivity contribution is 5.70. The number of phenolic OH excluding ortho intramolecular Hbond substituents is 1. The number of carboxylic acid groups (broad SMARTS) is 1. The largest absolute Gasteiger partial charge is 0.508 e. The Hall–Kier alpha value is -1.51. The van der Waals surface area contributed by atoms with Crippen molar-refractivity contribution in [3.8, 4) is 5.75 Å². The van der Waals surface area contributed by atoms with Crippen LogP contribution in [0.2, 0.25) is 0 Å². The predicted molar refractivity (Wildman–Crippen MR) is 74.8 cm³/mol. The summed E-state index contributed by atoms with van der Waals surface area (Å²) in [6, 6.07) is 1.85. The minimum atomic E-state index is -0.832. The molecule has 3 heteroatoms. The van der Waals surface area contributed by atoms with Gasteiger partial charge in [0.25, 0.3) is 0 Å². The topological polar surface area (TPSA) is 57.5 Å². The molecule has 0 amide bonds. The van der Waals surface area contributed by atoms with Crippen LogP contribution in [-0.4, -0.2) is 16.2 Å². The zero-order valence-electron chi connectivity index (χ0n) is 11.9. The van der Waals surface area contributed by atoms with Gasteiger partial charge >= 0.3 is 5.97 Å². The molecule has 0 fully saturated rings. The molecule has 0 aromatic heterocycles. The van der Waals surface area contributed by atoms with Crippen molar-refractivity contribution in [1.82, 2.24) is 0 Å². The summed E-state index contributed by atoms with van der Waals surface area (Å²) in [5.41, 5.74) is 3.89. The number of aliphatic carboxylic acids is 1. The molecule has 0 aliphatic heterocycles. The highest BCUT2D eigenvalue weighted by Crippen LogP contribution is 2.40. The van der Waals surface area contributed by atoms with Gasteiger partial charge in [-0.15, -0.1) is 0 Å². The van der Waals surface area contributed by atoms with Crippen LogP contribution in [0.3, 0.4) is 0 Å². The minimum absolute atomic E-state index is 0.0280. The van der Waals surface area contributed by atoms with Crippen LogP contribution in [0.5, 0.6) is 5.75 Å². The van der Waals surface area contributed by atoms with Gasteiger partial charge in [0.05, 0.1) is 6.42 Å². The number of fused-ring (bicyclic) bond motifs is 1. The average Bonchev–Trinajstić information content (AvgIpc) is 2.26. The lowest BCUT2D eigenvalue weighted by Gasteiger charge is -2.30. The lowest BCUT2D eigenvalue weighted by molar-refractivity contribution is -0.138. The summed E-state index contributed by atoms with van der Waals surface area (Å²) in [6.45, 7) is 5.79. The van der Waals surface area contributed by atoms with E-state index in [9.17, 15) is 9.90 Å². The van der Waals surface area contributed by atoms with Crippen molar-refractivity contribution < 1.29 is 15.0 Å². The summed E-state index contributed by atoms with van der Waals surface area (Å²) in [6.07, 6.45) is 4.43. The number of carboxylic acids is 1. The quantitative estimate of drug-likeness (QED) is 0.878. The zero-order chi connectivity index (χ0) is 14.2. The maximum Gasteiger partial charge on any atom is 0.304 e. The third-order valence-electron chi connectivity index (χ3n) is 4.18. The normalized spacial score (nSPS) is 15.1. The maximum absolute atomic E-state index is 11.0. The second-order valence-electron chi connectivity index (χ2n) is 6.19. The number of rotatable bonds is 3. The van der Waals surface area contributed by atoms with Crippen molar-refractivity contribution in [3.63, 3.8) is 0 Å². The first kappa shape index (κ1) is 13.9. The van der Waals surface area contributed by atoms with Gasteiger partial charge < -0.3 is 10.2 Å². The molecule has 0 spiro atoms. The lowest BCUT2D eigenvalue weighted by Crippen LogP contribution is -2.24. The number of phenols is 1. The molecular formula is C16H22O3. The molecule has 0 heterocycles. The Labute approximate surface area is 114 Å². The van der Waals surface area contributed by atoms with Crippen LogP contribution in [0.25, 0.3) is 0 Å². The fourth-order valence-electron chi connectivity index (χ4n) is 3.42. The Balaban J connectivity index is 2.54. The van der Waals surface area contributed by atoms with E-state index in [0.717, 1.165) is 24.0 Å². The van der Waals surface area contributed by atoms with Crippen LogP contribution in [0.15, 0.2) is 6.07 Å². The van der Waals surface area contributed by atoms with Crippen LogP contribution in [0, 0.1) is 6.92 Å². The zero-order valence-corrected chi connectivity index (χ0v) is 11.9. The molecule has 1 aromatic rings. The van der Waals surface area contributed by atoms with E-state index >= 15 is 0 Å². The number of hydrogen-bond acceptors (Lipinski definition) is 2. The molecule has 2 N–H and O–H groups in total. The van der Waals surface area contributed by atoms with E-state index in [1.165, 1.54) is 24.0 Å². The molecule has 2 rings (SSSR count). The van der Waals surface area contributed by atoms with Gasteiger partial charge in [0.1, 0.15) is 5.75 Å². The monoisotopic (exact) mass is 262 g/mol. The molecular weight excluding hydrogens is 240 g/mol. The van der Waals surface area contributed by atoms with Gasteiger partial charge in [-0.1, -0.05) is 13.8 Å². The lowest BCUT2D eigenvalue weighted by atomic mass is 9.75. The summed E-state index contributed by atoms with van der Waals surface area (Å²) >= 11 is 0. The van der Waals surface area contributed by atoms with Gasteiger partial charge in [-0.05, 0) is 55.4 Å². The molecule has 0 saturated heterocycles. The molecule has 0 atom stereocenters. The van der Waals surface area contributed by atoms with Crippen LogP contribution >= 0.6 is 0 Å². The molecule has 1 aliphatic carbocycles. The van der Waals surface area contributed by atoms with Crippen LogP contribution in [0.1, 0.15) is 55.4 Å². The van der Waals surface area contributed by atoms with Gasteiger partial charge in [0, 0.05) is 11.0 Å². The fraction of sp³-hybridized carbons (Fsp3) is 0.562. The molecule has 1 aliphatic rings. The van der Waals surface area contributed by atoms with E-state index in [1.807, 2.05) is 26.8 Å². The van der Waals surface area contributed by atoms with E-state index in [-0.39, 0.29) is 12.2 Å². The number of aromatic hydroxyl groups is 1. The van der Waals surface area contributed by atoms with Crippen molar-refractivity contribution in [1.29, 1.82) is 0 Å². The summed E-state index contributed by atoms with van der Waals surface area (Å²) < 4.78 is 0. The van der Waals surface area contributed by atoms with Crippen LogP contribution < -0.4 is 0 Å². The SMILES string of the molecule is Cc1c2c(cc(O)c1C(C)(C)CC(=O)O)CCCC2. The number of carbonyl (C=O) groups is 1. The summed E-state index contributed by atoms with van der Waals surface area (Å²) in [4.78, 5) is 11.0. The van der Waals surface area contributed by atoms with Gasteiger partial charge in [-0.2, -0.15) is 0 Å². The Morgan fingerprint density at radius 1 is 1.32 bits per heavy atom. The number of hydrogen-bond donors (Lipinski definition) is 2. The average molecular weight is 262 g/mol. The fourth-order valence-corrected chi connectivity index (χ4v) is 3.42. The third-order valence-corrected chi connectivity index (χ3v) is 4.18. The van der Waals surface area contributed by atoms with Gasteiger partial charge in [0.15, 0.2) is 0 Å². The number of benzene rings is 1. The molecule has 104 valence electrons. The second-order valence-corrected chi connectivity index (χ2v) is 6.19. The third kappa shape index (κ3) is 2.60. The highest BCUT2D eigenvalue weighted by Gasteiger charge is 2.31. The van der Waals surface area contributed by atoms with Crippen LogP contribution in [-0.2, 0) is 23.1 Å². The Bertz CT molecular complexity index is 515. The first-order chi connectivity index (χ1) is 8.83. The van der Waals surface area contributed by atoms with E-state index < -0.39 is 11.4 Å². The summed E-state index contributed by atoms with van der Waals surface area (Å²) in [5.74, 6) is -0.578. The van der Waals surface area contributed by atoms with Crippen molar-refractivity contribution in [2.45, 2.75) is 58.3 Å². The van der Waals surface area contributed by atoms with Crippen molar-refractivity contribution in [2.75, 3.05) is 0 Å². The first-order valence-electron chi connectivity index (χ1n) is 6.89. The molecule has 0 bridgehead atoms. The molecule has 0 unspecified atom stereocenters. The predicted octanol–water partition coefficient (Wildman–Crippen LogP) is 3.33. The first-order valence-corrected chi connectivity index (χ1v) is 6.89. The highest BCUT2D eigenvalue weighted by atomic mass is 16.4. The van der Waals surface area contributed by atoms with Crippen molar-refractivity contribution in [3.05, 3.63) is 28.3 Å². The van der Waals surface area contributed by atoms with E-state index in [0.29, 0.717) is 0 Å². The van der Waals surface area contributed by atoms with E-state index in [2.05, 4.69) is 0 Å². The summed E-state index contributed by atoms with van der Waals surface area (Å²) in [7, 11) is 0. The standard InChI is InChI=1S/C16H22O3/c1-10-12-7-5-4-6-11(12)8-13(17)15(10)16(2,3)9-14(18)19/h8,17H,4-7,9H2,1-3H3,(H,18,19). The molecule has 3 nitrogen and oxygen atoms in total. The Morgan fingerprint density at radius 3 is 2.58 bits per heavy atom. The summed E-state index contributed by atoms with van der Waals surface area (Å²) in [5, 5.41) is 19.4. The van der Waals surface area contributed by atoms with Gasteiger partial charge in [0.2, 0.25) is 0 Å². The Kier molecular flexibility index (Phi) is 3.57. The maximum atomic E-state index is 11.0. The van der Waals surface area contributed by atoms with Crippen molar-refractivity contribution >= 4 is 5.97 Å². The van der Waals surface area contributed by atoms with Crippen molar-refractivity contribution in [2.24, 2.45) is 0 Å². The number of aryl methyl sites for hydroxylation is 1. The van der Waals surface area contributed by atoms with E-state index in [4.69, 9.17) is 5.11 Å². The molecule has 19 heavy (non-hydrogen) atoms. The molecule has 1 aromatic carbocycles. The van der Waals surface area contributed by atoms with Crippen LogP contribution in [0.4, 0.5) is 0 Å². The smallest absolute Gasteiger partial charge is 0.304 e. The second kappa shape index (κ2) is 4.87. The molecule has 0 radical (unpaired) electrons. The molecule has 0 saturated carbocycles. The minimum Gasteiger partial charge on any atom is -0.508 e.